The van der Waals surface area contributed by atoms with E-state index < -0.39 is 16.1 Å². The third-order valence-electron chi connectivity index (χ3n) is 3.69. The minimum Gasteiger partial charge on any atom is -0.350 e. The van der Waals surface area contributed by atoms with E-state index in [-0.39, 0.29) is 5.91 Å². The topological polar surface area (TPSA) is 66.5 Å². The smallest absolute Gasteiger partial charge is 0.243 e. The third-order valence-corrected chi connectivity index (χ3v) is 4.93. The number of rotatable bonds is 6. The molecular formula is C18H22N2O3S. The zero-order valence-corrected chi connectivity index (χ0v) is 14.9. The van der Waals surface area contributed by atoms with Gasteiger partial charge in [-0.15, -0.1) is 0 Å². The quantitative estimate of drug-likeness (QED) is 0.874. The van der Waals surface area contributed by atoms with Crippen molar-refractivity contribution >= 4 is 21.6 Å². The van der Waals surface area contributed by atoms with Crippen molar-refractivity contribution < 1.29 is 13.2 Å². The normalized spacial score (nSPS) is 12.5. The summed E-state index contributed by atoms with van der Waals surface area (Å²) >= 11 is 0. The van der Waals surface area contributed by atoms with E-state index in [9.17, 15) is 13.2 Å². The summed E-state index contributed by atoms with van der Waals surface area (Å²) in [6.07, 6.45) is 1.10. The number of hydrogen-bond donors (Lipinski definition) is 1. The van der Waals surface area contributed by atoms with Crippen molar-refractivity contribution in [3.8, 4) is 0 Å². The molecule has 2 aromatic carbocycles. The van der Waals surface area contributed by atoms with Crippen LogP contribution < -0.4 is 9.62 Å². The van der Waals surface area contributed by atoms with Crippen LogP contribution in [0.25, 0.3) is 0 Å². The lowest BCUT2D eigenvalue weighted by atomic mass is 10.2. The summed E-state index contributed by atoms with van der Waals surface area (Å²) in [5.74, 6) is -0.343. The maximum absolute atomic E-state index is 12.4. The van der Waals surface area contributed by atoms with E-state index in [1.54, 1.807) is 19.1 Å². The lowest BCUT2D eigenvalue weighted by Crippen LogP contribution is -2.47. The summed E-state index contributed by atoms with van der Waals surface area (Å²) in [7, 11) is -3.59. The Labute approximate surface area is 143 Å². The molecule has 5 nitrogen and oxygen atoms in total. The van der Waals surface area contributed by atoms with Gasteiger partial charge in [-0.2, -0.15) is 0 Å². The minimum absolute atomic E-state index is 0.343. The zero-order valence-electron chi connectivity index (χ0n) is 14.1. The molecule has 0 aliphatic carbocycles. The number of anilines is 1. The standard InChI is InChI=1S/C18H22N2O3S/c1-14-9-11-17(12-10-14)20(24(3,22)23)15(2)18(21)19-13-16-7-5-4-6-8-16/h4-12,15H,13H2,1-3H3,(H,19,21)/t15-/m0/s1. The Morgan fingerprint density at radius 3 is 2.21 bits per heavy atom. The van der Waals surface area contributed by atoms with Crippen LogP contribution in [0.4, 0.5) is 5.69 Å². The predicted octanol–water partition coefficient (Wildman–Crippen LogP) is 2.47. The maximum atomic E-state index is 12.4. The Bertz CT molecular complexity index is 787. The van der Waals surface area contributed by atoms with Crippen LogP contribution in [0.1, 0.15) is 18.1 Å². The molecule has 1 N–H and O–H groups in total. The van der Waals surface area contributed by atoms with Crippen LogP contribution in [-0.2, 0) is 21.4 Å². The summed E-state index contributed by atoms with van der Waals surface area (Å²) in [6.45, 7) is 3.86. The lowest BCUT2D eigenvalue weighted by molar-refractivity contribution is -0.122. The van der Waals surface area contributed by atoms with Crippen molar-refractivity contribution in [1.29, 1.82) is 0 Å². The van der Waals surface area contributed by atoms with Crippen LogP contribution >= 0.6 is 0 Å². The van der Waals surface area contributed by atoms with Gasteiger partial charge in [-0.3, -0.25) is 9.10 Å². The Morgan fingerprint density at radius 2 is 1.67 bits per heavy atom. The summed E-state index contributed by atoms with van der Waals surface area (Å²) in [5, 5.41) is 2.79. The number of aryl methyl sites for hydroxylation is 1. The van der Waals surface area contributed by atoms with E-state index in [0.717, 1.165) is 21.7 Å². The number of benzene rings is 2. The number of nitrogens with one attached hydrogen (secondary N) is 1. The molecule has 0 spiro atoms. The first-order chi connectivity index (χ1) is 11.3. The van der Waals surface area contributed by atoms with Gasteiger partial charge in [0.1, 0.15) is 6.04 Å². The molecule has 0 saturated heterocycles. The first-order valence-corrected chi connectivity index (χ1v) is 9.51. The SMILES string of the molecule is Cc1ccc(N([C@@H](C)C(=O)NCc2ccccc2)S(C)(=O)=O)cc1. The van der Waals surface area contributed by atoms with Crippen LogP contribution in [0.15, 0.2) is 54.6 Å². The van der Waals surface area contributed by atoms with E-state index >= 15 is 0 Å². The molecule has 2 aromatic rings. The highest BCUT2D eigenvalue weighted by Crippen LogP contribution is 2.21. The molecule has 0 heterocycles. The van der Waals surface area contributed by atoms with E-state index in [1.165, 1.54) is 0 Å². The van der Waals surface area contributed by atoms with Crippen molar-refractivity contribution in [2.45, 2.75) is 26.4 Å². The van der Waals surface area contributed by atoms with Crippen molar-refractivity contribution in [1.82, 2.24) is 5.32 Å². The van der Waals surface area contributed by atoms with Crippen molar-refractivity contribution in [2.75, 3.05) is 10.6 Å². The second-order valence-electron chi connectivity index (χ2n) is 5.77. The summed E-state index contributed by atoms with van der Waals surface area (Å²) in [5.41, 5.74) is 2.46. The Hall–Kier alpha value is -2.34. The molecule has 1 amide bonds. The van der Waals surface area contributed by atoms with Crippen LogP contribution in [-0.4, -0.2) is 26.6 Å². The van der Waals surface area contributed by atoms with Gasteiger partial charge in [-0.05, 0) is 31.5 Å². The fourth-order valence-corrected chi connectivity index (χ4v) is 3.61. The largest absolute Gasteiger partial charge is 0.350 e. The van der Waals surface area contributed by atoms with Gasteiger partial charge in [0.15, 0.2) is 0 Å². The molecule has 0 aliphatic rings. The van der Waals surface area contributed by atoms with Gasteiger partial charge < -0.3 is 5.32 Å². The molecular weight excluding hydrogens is 324 g/mol. The van der Waals surface area contributed by atoms with E-state index in [1.807, 2.05) is 49.4 Å². The number of nitrogens with zero attached hydrogens (tertiary/aromatic N) is 1. The van der Waals surface area contributed by atoms with Crippen molar-refractivity contribution in [3.05, 3.63) is 65.7 Å². The molecule has 6 heteroatoms. The zero-order chi connectivity index (χ0) is 17.7. The first-order valence-electron chi connectivity index (χ1n) is 7.67. The first kappa shape index (κ1) is 18.0. The maximum Gasteiger partial charge on any atom is 0.243 e. The number of carbonyl (C=O) groups is 1. The average molecular weight is 346 g/mol. The number of hydrogen-bond acceptors (Lipinski definition) is 3. The highest BCUT2D eigenvalue weighted by Gasteiger charge is 2.28. The summed E-state index contributed by atoms with van der Waals surface area (Å²) < 4.78 is 25.5. The molecule has 0 fully saturated rings. The molecule has 0 bridgehead atoms. The second-order valence-corrected chi connectivity index (χ2v) is 7.63. The van der Waals surface area contributed by atoms with Gasteiger partial charge in [-0.25, -0.2) is 8.42 Å². The number of sulfonamides is 1. The highest BCUT2D eigenvalue weighted by molar-refractivity contribution is 7.92. The predicted molar refractivity (Wildman–Crippen MR) is 96.3 cm³/mol. The molecule has 0 aliphatic heterocycles. The molecule has 1 atom stereocenters. The Balaban J connectivity index is 2.17. The second kappa shape index (κ2) is 7.49. The summed E-state index contributed by atoms with van der Waals surface area (Å²) in [6, 6.07) is 15.7. The van der Waals surface area contributed by atoms with Gasteiger partial charge in [0.05, 0.1) is 11.9 Å². The van der Waals surface area contributed by atoms with E-state index in [4.69, 9.17) is 0 Å². The van der Waals surface area contributed by atoms with Gasteiger partial charge in [0.2, 0.25) is 15.9 Å². The molecule has 0 radical (unpaired) electrons. The lowest BCUT2D eigenvalue weighted by Gasteiger charge is -2.28. The van der Waals surface area contributed by atoms with Gasteiger partial charge >= 0.3 is 0 Å². The average Bonchev–Trinajstić information content (AvgIpc) is 2.54. The van der Waals surface area contributed by atoms with E-state index in [2.05, 4.69) is 5.32 Å². The number of amides is 1. The Morgan fingerprint density at radius 1 is 1.08 bits per heavy atom. The van der Waals surface area contributed by atoms with Crippen LogP contribution in [0, 0.1) is 6.92 Å². The van der Waals surface area contributed by atoms with Crippen LogP contribution in [0.2, 0.25) is 0 Å². The van der Waals surface area contributed by atoms with Gasteiger partial charge in [0, 0.05) is 6.54 Å². The highest BCUT2D eigenvalue weighted by atomic mass is 32.2. The molecule has 128 valence electrons. The van der Waals surface area contributed by atoms with Crippen molar-refractivity contribution in [3.63, 3.8) is 0 Å². The molecule has 0 aromatic heterocycles. The van der Waals surface area contributed by atoms with Crippen molar-refractivity contribution in [2.24, 2.45) is 0 Å². The van der Waals surface area contributed by atoms with Crippen LogP contribution in [0.3, 0.4) is 0 Å². The summed E-state index contributed by atoms with van der Waals surface area (Å²) in [4.78, 5) is 12.4. The van der Waals surface area contributed by atoms with Gasteiger partial charge in [-0.1, -0.05) is 48.0 Å². The third kappa shape index (κ3) is 4.58. The fourth-order valence-electron chi connectivity index (χ4n) is 2.43. The van der Waals surface area contributed by atoms with Crippen LogP contribution in [0.5, 0.6) is 0 Å². The molecule has 0 unspecified atom stereocenters. The monoisotopic (exact) mass is 346 g/mol. The molecule has 0 saturated carbocycles. The number of carbonyl (C=O) groups excluding carboxylic acids is 1. The molecule has 2 rings (SSSR count). The minimum atomic E-state index is -3.59. The van der Waals surface area contributed by atoms with Gasteiger partial charge in [0.25, 0.3) is 0 Å². The Kier molecular flexibility index (Phi) is 5.62. The fraction of sp³-hybridized carbons (Fsp3) is 0.278. The van der Waals surface area contributed by atoms with E-state index in [0.29, 0.717) is 12.2 Å². The molecule has 24 heavy (non-hydrogen) atoms.